The molecule has 0 aliphatic carbocycles. The Morgan fingerprint density at radius 2 is 1.95 bits per heavy atom. The number of hydrogen-bond acceptors (Lipinski definition) is 4. The number of halogens is 4. The van der Waals surface area contributed by atoms with Gasteiger partial charge >= 0.3 is 12.1 Å². The number of aliphatic carboxylic acids is 1. The topological polar surface area (TPSA) is 56.7 Å². The molecule has 0 bridgehead atoms. The van der Waals surface area contributed by atoms with E-state index in [1.807, 2.05) is 0 Å². The monoisotopic (exact) mass is 323 g/mol. The number of piperazine rings is 1. The molecule has 0 unspecified atom stereocenters. The fraction of sp³-hybridized carbons (Fsp3) is 0.500. The first kappa shape index (κ1) is 15.8. The Hall–Kier alpha value is -1.54. The number of anilines is 1. The molecule has 116 valence electrons. The largest absolute Gasteiger partial charge is 0.480 e. The van der Waals surface area contributed by atoms with Gasteiger partial charge in [0.1, 0.15) is 0 Å². The minimum Gasteiger partial charge on any atom is -0.480 e. The van der Waals surface area contributed by atoms with Crippen molar-refractivity contribution in [2.24, 2.45) is 0 Å². The second-order valence-corrected chi connectivity index (χ2v) is 5.05. The molecule has 1 aliphatic rings. The van der Waals surface area contributed by atoms with Crippen LogP contribution in [0.15, 0.2) is 12.3 Å². The number of hydrogen-bond donors (Lipinski definition) is 1. The molecule has 2 heterocycles. The highest BCUT2D eigenvalue weighted by Gasteiger charge is 2.32. The van der Waals surface area contributed by atoms with E-state index in [4.69, 9.17) is 16.7 Å². The highest BCUT2D eigenvalue weighted by molar-refractivity contribution is 6.32. The van der Waals surface area contributed by atoms with Gasteiger partial charge in [-0.3, -0.25) is 9.69 Å². The van der Waals surface area contributed by atoms with E-state index in [-0.39, 0.29) is 17.4 Å². The fourth-order valence-electron chi connectivity index (χ4n) is 2.15. The van der Waals surface area contributed by atoms with Gasteiger partial charge in [-0.15, -0.1) is 0 Å². The maximum atomic E-state index is 12.7. The van der Waals surface area contributed by atoms with Crippen LogP contribution in [-0.4, -0.2) is 53.7 Å². The van der Waals surface area contributed by atoms with E-state index in [1.165, 1.54) is 0 Å². The van der Waals surface area contributed by atoms with Gasteiger partial charge in [0.15, 0.2) is 5.15 Å². The van der Waals surface area contributed by atoms with Crippen LogP contribution in [0.4, 0.5) is 18.9 Å². The predicted octanol–water partition coefficient (Wildman–Crippen LogP) is 1.96. The summed E-state index contributed by atoms with van der Waals surface area (Å²) in [5, 5.41) is 8.72. The molecule has 0 spiro atoms. The number of aromatic nitrogens is 1. The molecule has 1 aromatic heterocycles. The van der Waals surface area contributed by atoms with Crippen LogP contribution < -0.4 is 4.90 Å². The molecule has 0 saturated carbocycles. The van der Waals surface area contributed by atoms with Crippen molar-refractivity contribution in [3.8, 4) is 0 Å². The maximum absolute atomic E-state index is 12.7. The van der Waals surface area contributed by atoms with Gasteiger partial charge in [0.2, 0.25) is 0 Å². The summed E-state index contributed by atoms with van der Waals surface area (Å²) >= 11 is 5.87. The number of pyridine rings is 1. The Morgan fingerprint density at radius 1 is 1.33 bits per heavy atom. The average Bonchev–Trinajstić information content (AvgIpc) is 2.38. The Morgan fingerprint density at radius 3 is 2.48 bits per heavy atom. The summed E-state index contributed by atoms with van der Waals surface area (Å²) in [5.74, 6) is -0.929. The second-order valence-electron chi connectivity index (χ2n) is 4.69. The van der Waals surface area contributed by atoms with Crippen LogP contribution in [0.2, 0.25) is 5.15 Å². The molecule has 1 N–H and O–H groups in total. The number of carboxylic acid groups (broad SMARTS) is 1. The lowest BCUT2D eigenvalue weighted by molar-refractivity contribution is -0.139. The van der Waals surface area contributed by atoms with Crippen molar-refractivity contribution in [3.05, 3.63) is 23.0 Å². The van der Waals surface area contributed by atoms with Crippen molar-refractivity contribution in [2.45, 2.75) is 6.18 Å². The molecular formula is C12H13ClF3N3O2. The summed E-state index contributed by atoms with van der Waals surface area (Å²) in [5.41, 5.74) is -0.628. The highest BCUT2D eigenvalue weighted by atomic mass is 35.5. The summed E-state index contributed by atoms with van der Waals surface area (Å²) in [6.07, 6.45) is -3.77. The minimum atomic E-state index is -4.47. The molecule has 9 heteroatoms. The van der Waals surface area contributed by atoms with Crippen LogP contribution in [0, 0.1) is 0 Å². The number of carbonyl (C=O) groups is 1. The Bertz CT molecular complexity index is 531. The Balaban J connectivity index is 2.11. The van der Waals surface area contributed by atoms with Crippen LogP contribution >= 0.6 is 11.6 Å². The highest BCUT2D eigenvalue weighted by Crippen LogP contribution is 2.34. The van der Waals surface area contributed by atoms with Gasteiger partial charge in [-0.05, 0) is 6.07 Å². The van der Waals surface area contributed by atoms with Gasteiger partial charge in [-0.1, -0.05) is 11.6 Å². The number of alkyl halides is 3. The molecule has 1 aromatic rings. The summed E-state index contributed by atoms with van der Waals surface area (Å²) < 4.78 is 38.1. The molecule has 2 rings (SSSR count). The van der Waals surface area contributed by atoms with E-state index in [1.54, 1.807) is 9.80 Å². The van der Waals surface area contributed by atoms with Gasteiger partial charge in [0, 0.05) is 32.4 Å². The smallest absolute Gasteiger partial charge is 0.417 e. The predicted molar refractivity (Wildman–Crippen MR) is 70.5 cm³/mol. The zero-order valence-corrected chi connectivity index (χ0v) is 11.7. The minimum absolute atomic E-state index is 0.00897. The summed E-state index contributed by atoms with van der Waals surface area (Å²) in [4.78, 5) is 17.6. The van der Waals surface area contributed by atoms with Crippen LogP contribution in [0.25, 0.3) is 0 Å². The molecule has 21 heavy (non-hydrogen) atoms. The van der Waals surface area contributed by atoms with Gasteiger partial charge in [-0.2, -0.15) is 13.2 Å². The molecule has 1 aliphatic heterocycles. The lowest BCUT2D eigenvalue weighted by Crippen LogP contribution is -2.48. The molecule has 1 saturated heterocycles. The number of nitrogens with zero attached hydrogens (tertiary/aromatic N) is 3. The third-order valence-electron chi connectivity index (χ3n) is 3.22. The molecule has 1 fully saturated rings. The molecule has 0 radical (unpaired) electrons. The third kappa shape index (κ3) is 3.98. The van der Waals surface area contributed by atoms with Crippen LogP contribution in [0.5, 0.6) is 0 Å². The van der Waals surface area contributed by atoms with Crippen molar-refractivity contribution >= 4 is 23.3 Å². The van der Waals surface area contributed by atoms with Crippen molar-refractivity contribution in [2.75, 3.05) is 37.6 Å². The summed E-state index contributed by atoms with van der Waals surface area (Å²) in [6, 6.07) is 0.974. The number of carboxylic acids is 1. The van der Waals surface area contributed by atoms with Crippen LogP contribution in [0.3, 0.4) is 0 Å². The average molecular weight is 324 g/mol. The third-order valence-corrected chi connectivity index (χ3v) is 3.51. The van der Waals surface area contributed by atoms with Crippen LogP contribution in [0.1, 0.15) is 5.56 Å². The van der Waals surface area contributed by atoms with E-state index in [0.29, 0.717) is 32.4 Å². The summed E-state index contributed by atoms with van der Waals surface area (Å²) in [6.45, 7) is 1.60. The first-order chi connectivity index (χ1) is 9.77. The molecular weight excluding hydrogens is 311 g/mol. The van der Waals surface area contributed by atoms with E-state index >= 15 is 0 Å². The lowest BCUT2D eigenvalue weighted by Gasteiger charge is -2.35. The first-order valence-electron chi connectivity index (χ1n) is 6.19. The molecule has 5 nitrogen and oxygen atoms in total. The van der Waals surface area contributed by atoms with E-state index in [0.717, 1.165) is 6.07 Å². The molecule has 0 aromatic carbocycles. The second kappa shape index (κ2) is 6.07. The zero-order chi connectivity index (χ0) is 15.6. The maximum Gasteiger partial charge on any atom is 0.417 e. The Labute approximate surface area is 123 Å². The lowest BCUT2D eigenvalue weighted by atomic mass is 10.2. The van der Waals surface area contributed by atoms with E-state index in [2.05, 4.69) is 4.98 Å². The van der Waals surface area contributed by atoms with Crippen molar-refractivity contribution in [3.63, 3.8) is 0 Å². The van der Waals surface area contributed by atoms with Gasteiger partial charge in [0.25, 0.3) is 0 Å². The van der Waals surface area contributed by atoms with Crippen molar-refractivity contribution in [1.29, 1.82) is 0 Å². The quantitative estimate of drug-likeness (QED) is 0.862. The standard InChI is InChI=1S/C12H13ClF3N3O2/c13-11-9(5-8(6-17-11)12(14,15)16)19-3-1-18(2-4-19)7-10(20)21/h5-6H,1-4,7H2,(H,20,21). The van der Waals surface area contributed by atoms with Crippen molar-refractivity contribution < 1.29 is 23.1 Å². The normalized spacial score (nSPS) is 17.0. The SMILES string of the molecule is O=C(O)CN1CCN(c2cc(C(F)(F)F)cnc2Cl)CC1. The molecule has 0 amide bonds. The number of rotatable bonds is 3. The first-order valence-corrected chi connectivity index (χ1v) is 6.57. The van der Waals surface area contributed by atoms with Gasteiger partial charge < -0.3 is 10.0 Å². The van der Waals surface area contributed by atoms with Crippen LogP contribution in [-0.2, 0) is 11.0 Å². The molecule has 0 atom stereocenters. The van der Waals surface area contributed by atoms with E-state index < -0.39 is 17.7 Å². The fourth-order valence-corrected chi connectivity index (χ4v) is 2.37. The Kier molecular flexibility index (Phi) is 4.58. The van der Waals surface area contributed by atoms with Gasteiger partial charge in [-0.25, -0.2) is 4.98 Å². The van der Waals surface area contributed by atoms with Crippen molar-refractivity contribution in [1.82, 2.24) is 9.88 Å². The summed E-state index contributed by atoms with van der Waals surface area (Å²) in [7, 11) is 0. The van der Waals surface area contributed by atoms with Gasteiger partial charge in [0.05, 0.1) is 17.8 Å². The van der Waals surface area contributed by atoms with E-state index in [9.17, 15) is 18.0 Å². The zero-order valence-electron chi connectivity index (χ0n) is 10.9.